The molecule has 3 heterocycles. The Morgan fingerprint density at radius 1 is 0.621 bits per heavy atom. The fraction of sp³-hybridized carbons (Fsp3) is 0. The van der Waals surface area contributed by atoms with Crippen molar-refractivity contribution in [3.63, 3.8) is 0 Å². The van der Waals surface area contributed by atoms with Crippen molar-refractivity contribution in [2.24, 2.45) is 0 Å². The first kappa shape index (κ1) is 27.0. The van der Waals surface area contributed by atoms with Crippen LogP contribution in [0.25, 0.3) is 0 Å². The van der Waals surface area contributed by atoms with E-state index in [-0.39, 0.29) is 39.2 Å². The van der Waals surface area contributed by atoms with Crippen LogP contribution in [0.2, 0.25) is 0 Å². The largest absolute Gasteiger partial charge is 1.00 e. The van der Waals surface area contributed by atoms with E-state index >= 15 is 0 Å². The smallest absolute Gasteiger partial charge is 1.00 e. The fourth-order valence-electron chi connectivity index (χ4n) is 1.94. The minimum Gasteiger partial charge on any atom is 1.00 e. The predicted octanol–water partition coefficient (Wildman–Crippen LogP) is -2.50. The van der Waals surface area contributed by atoms with Crippen molar-refractivity contribution in [3.05, 3.63) is 69.4 Å². The zero-order valence-electron chi connectivity index (χ0n) is 15.6. The van der Waals surface area contributed by atoms with Gasteiger partial charge in [-0.25, -0.2) is 0 Å². The minimum absolute atomic E-state index is 0. The molecule has 29 heavy (non-hydrogen) atoms. The number of rotatable bonds is 5. The molecule has 0 saturated heterocycles. The summed E-state index contributed by atoms with van der Waals surface area (Å²) in [6.45, 7) is 0. The Hall–Kier alpha value is 0.0106. The third-order valence-electron chi connectivity index (χ3n) is 3.30. The molecule has 0 fully saturated rings. The molecule has 0 bridgehead atoms. The number of carbonyl (C=O) groups is 3. The Kier molecular flexibility index (Phi) is 14.7. The number of carboxylic acid groups (broad SMARTS) is 1. The monoisotopic (exact) mass is 780 g/mol. The Morgan fingerprint density at radius 2 is 1.00 bits per heavy atom. The molecule has 0 unspecified atom stereocenters. The summed E-state index contributed by atoms with van der Waals surface area (Å²) in [5, 5.41) is 10.2. The summed E-state index contributed by atoms with van der Waals surface area (Å²) in [7, 11) is 0. The van der Waals surface area contributed by atoms with Crippen LogP contribution in [0.15, 0.2) is 69.4 Å². The van der Waals surface area contributed by atoms with E-state index in [1.807, 2.05) is 62.1 Å². The van der Waals surface area contributed by atoms with Crippen LogP contribution >= 0.6 is 0 Å². The summed E-state index contributed by atoms with van der Waals surface area (Å²) in [5.74, 6) is 0. The van der Waals surface area contributed by atoms with Crippen LogP contribution in [0.3, 0.4) is 0 Å². The molecule has 0 aliphatic carbocycles. The number of hydrogen-bond acceptors (Lipinski definition) is 6. The molecule has 3 aliphatic rings. The number of allylic oxidation sites excluding steroid dienone is 9. The first-order chi connectivity index (χ1) is 13.6. The van der Waals surface area contributed by atoms with Crippen LogP contribution in [0.1, 0.15) is 0 Å². The van der Waals surface area contributed by atoms with Crippen LogP contribution in [-0.2, 0) is 5.37 Å². The molecule has 0 aromatic rings. The van der Waals surface area contributed by atoms with Crippen molar-refractivity contribution in [2.45, 2.75) is 0 Å². The van der Waals surface area contributed by atoms with Crippen LogP contribution in [0.5, 0.6) is 0 Å². The van der Waals surface area contributed by atoms with Crippen LogP contribution in [0, 0.1) is 0 Å². The Labute approximate surface area is 216 Å². The van der Waals surface area contributed by atoms with Gasteiger partial charge in [-0.05, 0) is 0 Å². The van der Waals surface area contributed by atoms with E-state index in [1.165, 1.54) is 0 Å². The minimum atomic E-state index is -2.05. The zero-order chi connectivity index (χ0) is 20.2. The van der Waals surface area contributed by atoms with Gasteiger partial charge >= 0.3 is 220 Å². The Balaban J connectivity index is 0.000000355. The first-order valence-electron chi connectivity index (χ1n) is 8.12. The maximum absolute atomic E-state index is 11.7. The van der Waals surface area contributed by atoms with Crippen molar-refractivity contribution < 1.29 is 54.4 Å². The maximum atomic E-state index is 11.7. The molecule has 6 nitrogen and oxygen atoms in total. The van der Waals surface area contributed by atoms with Crippen molar-refractivity contribution in [1.29, 1.82) is 0 Å². The van der Waals surface area contributed by atoms with Gasteiger partial charge in [0.25, 0.3) is 0 Å². The third kappa shape index (κ3) is 10.7. The average Bonchev–Trinajstić information content (AvgIpc) is 2.76. The van der Waals surface area contributed by atoms with Gasteiger partial charge in [-0.2, -0.15) is 0 Å². The summed E-state index contributed by atoms with van der Waals surface area (Å²) in [6, 6.07) is 0. The van der Waals surface area contributed by atoms with Gasteiger partial charge in [0.05, 0.1) is 0 Å². The van der Waals surface area contributed by atoms with Crippen molar-refractivity contribution in [2.75, 3.05) is 0 Å². The maximum Gasteiger partial charge on any atom is 1.00 e. The van der Waals surface area contributed by atoms with Crippen molar-refractivity contribution in [1.82, 2.24) is 0 Å². The van der Waals surface area contributed by atoms with E-state index in [2.05, 4.69) is 0 Å². The molecule has 0 N–H and O–H groups in total. The molecule has 0 aromatic heterocycles. The number of carbonyl (C=O) groups excluding carboxylic acids is 3. The molecule has 140 valence electrons. The van der Waals surface area contributed by atoms with Crippen LogP contribution in [-0.4, -0.2) is 95.8 Å². The quantitative estimate of drug-likeness (QED) is 0.288. The molecule has 0 amide bonds. The fourth-order valence-corrected chi connectivity index (χ4v) is 15.9. The molecular weight excluding hydrogens is 760 g/mol. The van der Waals surface area contributed by atoms with E-state index < -0.39 is 71.7 Å². The topological polar surface area (TPSA) is 92.7 Å². The van der Waals surface area contributed by atoms with E-state index in [0.29, 0.717) is 0 Å². The molecule has 3 aliphatic heterocycles. The van der Waals surface area contributed by atoms with Gasteiger partial charge in [-0.1, -0.05) is 0 Å². The second-order valence-corrected chi connectivity index (χ2v) is 20.0. The van der Waals surface area contributed by atoms with Gasteiger partial charge in [-0.15, -0.1) is 0 Å². The van der Waals surface area contributed by atoms with Crippen molar-refractivity contribution >= 4 is 95.8 Å². The molecule has 11 heteroatoms. The van der Waals surface area contributed by atoms with Crippen molar-refractivity contribution in [3.8, 4) is 0 Å². The molecule has 0 aromatic carbocycles. The average molecular weight is 775 g/mol. The van der Waals surface area contributed by atoms with E-state index in [9.17, 15) is 19.5 Å². The second-order valence-electron chi connectivity index (χ2n) is 5.25. The van der Waals surface area contributed by atoms with Crippen LogP contribution in [0.4, 0.5) is 14.4 Å². The summed E-state index contributed by atoms with van der Waals surface area (Å²) >= 11 is -8.11. The van der Waals surface area contributed by atoms with Gasteiger partial charge in [0.2, 0.25) is 0 Å². The first-order valence-corrected chi connectivity index (χ1v) is 21.7. The van der Waals surface area contributed by atoms with Crippen LogP contribution < -0.4 is 34.7 Å². The summed E-state index contributed by atoms with van der Waals surface area (Å²) in [6.07, 6.45) is 16.6. The van der Waals surface area contributed by atoms with E-state index in [1.54, 1.807) is 21.9 Å². The summed E-state index contributed by atoms with van der Waals surface area (Å²) in [5.41, 5.74) is 0. The molecule has 0 saturated carbocycles. The Bertz CT molecular complexity index is 876. The van der Waals surface area contributed by atoms with E-state index in [4.69, 9.17) is 5.37 Å². The van der Waals surface area contributed by atoms with Gasteiger partial charge < -0.3 is 0 Å². The molecule has 3 rings (SSSR count). The number of hydrogen-bond donors (Lipinski definition) is 0. The van der Waals surface area contributed by atoms with Gasteiger partial charge in [0, 0.05) is 0 Å². The summed E-state index contributed by atoms with van der Waals surface area (Å²) in [4.78, 5) is 43.6. The second kappa shape index (κ2) is 15.8. The third-order valence-corrected chi connectivity index (χ3v) is 19.1. The standard InChI is InChI=1S/3C6H6GeO2.Na.Pb/c3*8-6(9)7-4-2-1-3-5-7;;/h3*1-5H,(H,8,9);;/q;;;+1;+2/p-3. The van der Waals surface area contributed by atoms with Gasteiger partial charge in [-0.3, -0.25) is 0 Å². The summed E-state index contributed by atoms with van der Waals surface area (Å²) < 4.78 is 10.4. The molecule has 0 atom stereocenters. The molecule has 2 radical (unpaired) electrons. The SMILES string of the molecule is O=[C]([O-])[Ge]1=[CH]C=CC=[CH]1.O=[C]([O][Pb][O][C](=O)[Ge]1=[CH]C=CC=[CH]1)[Ge]1=[CH]C=CC=[CH]1.[Na+]. The van der Waals surface area contributed by atoms with Gasteiger partial charge in [0.1, 0.15) is 0 Å². The van der Waals surface area contributed by atoms with Gasteiger partial charge in [0.15, 0.2) is 0 Å². The van der Waals surface area contributed by atoms with E-state index in [0.717, 1.165) is 0 Å². The zero-order valence-corrected chi connectivity index (χ0v) is 27.8. The molecular formula is C18H15Ge3NaO6Pb. The Morgan fingerprint density at radius 3 is 1.28 bits per heavy atom. The normalized spacial score (nSPS) is 15.1. The predicted molar refractivity (Wildman–Crippen MR) is 114 cm³/mol. The molecule has 0 spiro atoms.